The number of anilines is 3. The van der Waals surface area contributed by atoms with Crippen LogP contribution >= 0.6 is 0 Å². The maximum absolute atomic E-state index is 4.71. The van der Waals surface area contributed by atoms with Gasteiger partial charge in [0, 0.05) is 23.5 Å². The Morgan fingerprint density at radius 2 is 1.66 bits per heavy atom. The molecule has 0 radical (unpaired) electrons. The molecule has 0 aliphatic heterocycles. The van der Waals surface area contributed by atoms with E-state index in [0.29, 0.717) is 12.5 Å². The van der Waals surface area contributed by atoms with Crippen LogP contribution in [0.4, 0.5) is 17.5 Å². The average molecular weight is 381 g/mol. The van der Waals surface area contributed by atoms with Gasteiger partial charge in [-0.25, -0.2) is 4.98 Å². The first-order valence-electron chi connectivity index (χ1n) is 9.60. The Morgan fingerprint density at radius 1 is 0.828 bits per heavy atom. The molecule has 0 bridgehead atoms. The van der Waals surface area contributed by atoms with Gasteiger partial charge in [-0.3, -0.25) is 4.98 Å². The lowest BCUT2D eigenvalue weighted by Crippen LogP contribution is -2.07. The second-order valence-electron chi connectivity index (χ2n) is 6.88. The molecule has 0 spiro atoms. The van der Waals surface area contributed by atoms with Gasteiger partial charge in [0.25, 0.3) is 0 Å². The van der Waals surface area contributed by atoms with Gasteiger partial charge in [0.2, 0.25) is 5.95 Å². The minimum atomic E-state index is 0.558. The zero-order valence-electron chi connectivity index (χ0n) is 16.6. The first kappa shape index (κ1) is 18.6. The van der Waals surface area contributed by atoms with Crippen LogP contribution < -0.4 is 10.6 Å². The molecule has 2 aromatic carbocycles. The summed E-state index contributed by atoms with van der Waals surface area (Å²) in [5, 5.41) is 6.75. The molecule has 0 aliphatic rings. The molecular weight excluding hydrogens is 358 g/mol. The molecule has 29 heavy (non-hydrogen) atoms. The molecule has 0 aliphatic carbocycles. The molecule has 0 atom stereocenters. The monoisotopic (exact) mass is 381 g/mol. The van der Waals surface area contributed by atoms with E-state index in [1.54, 1.807) is 6.20 Å². The topological polar surface area (TPSA) is 62.7 Å². The van der Waals surface area contributed by atoms with Crippen LogP contribution in [0.15, 0.2) is 79.0 Å². The van der Waals surface area contributed by atoms with E-state index in [9.17, 15) is 0 Å². The molecule has 0 unspecified atom stereocenters. The Kier molecular flexibility index (Phi) is 5.47. The Balaban J connectivity index is 1.67. The van der Waals surface area contributed by atoms with Crippen LogP contribution in [0.25, 0.3) is 11.3 Å². The Hall–Kier alpha value is -3.73. The minimum absolute atomic E-state index is 0.558. The third kappa shape index (κ3) is 4.58. The summed E-state index contributed by atoms with van der Waals surface area (Å²) < 4.78 is 0. The van der Waals surface area contributed by atoms with E-state index in [1.165, 1.54) is 11.1 Å². The van der Waals surface area contributed by atoms with Crippen LogP contribution in [0.5, 0.6) is 0 Å². The zero-order chi connectivity index (χ0) is 20.1. The van der Waals surface area contributed by atoms with Gasteiger partial charge in [0.05, 0.1) is 17.9 Å². The molecule has 4 aromatic rings. The summed E-state index contributed by atoms with van der Waals surface area (Å²) in [4.78, 5) is 13.7. The molecule has 5 heteroatoms. The van der Waals surface area contributed by atoms with Crippen molar-refractivity contribution in [3.05, 3.63) is 95.8 Å². The van der Waals surface area contributed by atoms with Gasteiger partial charge in [0.1, 0.15) is 5.82 Å². The fourth-order valence-corrected chi connectivity index (χ4v) is 3.04. The number of aromatic nitrogens is 3. The molecule has 4 rings (SSSR count). The van der Waals surface area contributed by atoms with E-state index in [4.69, 9.17) is 4.98 Å². The summed E-state index contributed by atoms with van der Waals surface area (Å²) >= 11 is 0. The molecule has 0 saturated heterocycles. The van der Waals surface area contributed by atoms with E-state index >= 15 is 0 Å². The minimum Gasteiger partial charge on any atom is -0.348 e. The molecule has 2 N–H and O–H groups in total. The normalized spacial score (nSPS) is 10.6. The predicted molar refractivity (Wildman–Crippen MR) is 118 cm³/mol. The van der Waals surface area contributed by atoms with E-state index in [0.717, 1.165) is 28.5 Å². The first-order valence-corrected chi connectivity index (χ1v) is 9.60. The summed E-state index contributed by atoms with van der Waals surface area (Å²) in [6.45, 7) is 4.77. The van der Waals surface area contributed by atoms with Gasteiger partial charge < -0.3 is 10.6 Å². The maximum Gasteiger partial charge on any atom is 0.225 e. The zero-order valence-corrected chi connectivity index (χ0v) is 16.6. The van der Waals surface area contributed by atoms with Gasteiger partial charge in [0.15, 0.2) is 0 Å². The molecule has 0 amide bonds. The molecule has 2 aromatic heterocycles. The van der Waals surface area contributed by atoms with Crippen LogP contribution in [0.3, 0.4) is 0 Å². The highest BCUT2D eigenvalue weighted by Gasteiger charge is 2.09. The van der Waals surface area contributed by atoms with Crippen molar-refractivity contribution in [3.8, 4) is 11.3 Å². The SMILES string of the molecule is Cc1cccc(Nc2cc(-c3ccccc3)nc(NCc3ccccn3)n2)c1C. The maximum atomic E-state index is 4.71. The van der Waals surface area contributed by atoms with E-state index in [2.05, 4.69) is 46.6 Å². The lowest BCUT2D eigenvalue weighted by molar-refractivity contribution is 1.00. The lowest BCUT2D eigenvalue weighted by Gasteiger charge is -2.14. The standard InChI is InChI=1S/C24H23N5/c1-17-9-8-13-21(18(17)2)27-23-15-22(19-10-4-3-5-11-19)28-24(29-23)26-16-20-12-6-7-14-25-20/h3-15H,16H2,1-2H3,(H2,26,27,28,29). The number of pyridine rings is 1. The molecule has 144 valence electrons. The fourth-order valence-electron chi connectivity index (χ4n) is 3.04. The summed E-state index contributed by atoms with van der Waals surface area (Å²) in [5.41, 5.74) is 6.32. The number of rotatable bonds is 6. The van der Waals surface area contributed by atoms with Crippen molar-refractivity contribution in [2.75, 3.05) is 10.6 Å². The molecule has 5 nitrogen and oxygen atoms in total. The van der Waals surface area contributed by atoms with Crippen molar-refractivity contribution in [3.63, 3.8) is 0 Å². The van der Waals surface area contributed by atoms with Crippen molar-refractivity contribution in [2.45, 2.75) is 20.4 Å². The van der Waals surface area contributed by atoms with Gasteiger partial charge >= 0.3 is 0 Å². The van der Waals surface area contributed by atoms with Gasteiger partial charge in [-0.05, 0) is 43.2 Å². The third-order valence-corrected chi connectivity index (χ3v) is 4.82. The summed E-state index contributed by atoms with van der Waals surface area (Å²) in [5.74, 6) is 1.31. The molecule has 0 fully saturated rings. The Morgan fingerprint density at radius 3 is 2.45 bits per heavy atom. The lowest BCUT2D eigenvalue weighted by atomic mass is 10.1. The van der Waals surface area contributed by atoms with Crippen molar-refractivity contribution in [1.82, 2.24) is 15.0 Å². The summed E-state index contributed by atoms with van der Waals surface area (Å²) in [7, 11) is 0. The van der Waals surface area contributed by atoms with Crippen molar-refractivity contribution in [2.24, 2.45) is 0 Å². The second-order valence-corrected chi connectivity index (χ2v) is 6.88. The number of nitrogens with one attached hydrogen (secondary N) is 2. The molecule has 0 saturated carbocycles. The smallest absolute Gasteiger partial charge is 0.225 e. The average Bonchev–Trinajstić information content (AvgIpc) is 2.77. The van der Waals surface area contributed by atoms with Crippen molar-refractivity contribution >= 4 is 17.5 Å². The van der Waals surface area contributed by atoms with Gasteiger partial charge in [-0.2, -0.15) is 4.98 Å². The predicted octanol–water partition coefficient (Wildman–Crippen LogP) is 5.51. The highest BCUT2D eigenvalue weighted by molar-refractivity contribution is 5.69. The van der Waals surface area contributed by atoms with Gasteiger partial charge in [-0.1, -0.05) is 48.5 Å². The van der Waals surface area contributed by atoms with E-state index in [1.807, 2.05) is 60.7 Å². The first-order chi connectivity index (χ1) is 14.2. The number of nitrogens with zero attached hydrogens (tertiary/aromatic N) is 3. The van der Waals surface area contributed by atoms with Crippen molar-refractivity contribution in [1.29, 1.82) is 0 Å². The molecular formula is C24H23N5. The highest BCUT2D eigenvalue weighted by atomic mass is 15.1. The number of hydrogen-bond donors (Lipinski definition) is 2. The Labute approximate surface area is 170 Å². The number of benzene rings is 2. The van der Waals surface area contributed by atoms with Crippen LogP contribution in [0.2, 0.25) is 0 Å². The molecule has 2 heterocycles. The van der Waals surface area contributed by atoms with Crippen LogP contribution in [0, 0.1) is 13.8 Å². The second kappa shape index (κ2) is 8.52. The largest absolute Gasteiger partial charge is 0.348 e. The number of hydrogen-bond acceptors (Lipinski definition) is 5. The van der Waals surface area contributed by atoms with Gasteiger partial charge in [-0.15, -0.1) is 0 Å². The quantitative estimate of drug-likeness (QED) is 0.461. The van der Waals surface area contributed by atoms with E-state index < -0.39 is 0 Å². The fraction of sp³-hybridized carbons (Fsp3) is 0.125. The van der Waals surface area contributed by atoms with Crippen LogP contribution in [0.1, 0.15) is 16.8 Å². The van der Waals surface area contributed by atoms with Crippen LogP contribution in [-0.4, -0.2) is 15.0 Å². The third-order valence-electron chi connectivity index (χ3n) is 4.82. The van der Waals surface area contributed by atoms with Crippen LogP contribution in [-0.2, 0) is 6.54 Å². The van der Waals surface area contributed by atoms with E-state index in [-0.39, 0.29) is 0 Å². The summed E-state index contributed by atoms with van der Waals surface area (Å²) in [6, 6.07) is 24.2. The Bertz CT molecular complexity index is 1090. The highest BCUT2D eigenvalue weighted by Crippen LogP contribution is 2.26. The number of aryl methyl sites for hydroxylation is 1. The summed E-state index contributed by atoms with van der Waals surface area (Å²) in [6.07, 6.45) is 1.78. The van der Waals surface area contributed by atoms with Crippen molar-refractivity contribution < 1.29 is 0 Å².